The fourth-order valence-corrected chi connectivity index (χ4v) is 1.51. The van der Waals surface area contributed by atoms with Crippen LogP contribution in [0.1, 0.15) is 16.1 Å². The van der Waals surface area contributed by atoms with Crippen LogP contribution in [0, 0.1) is 6.92 Å². The van der Waals surface area contributed by atoms with Crippen LogP contribution in [0.25, 0.3) is 0 Å². The van der Waals surface area contributed by atoms with Gasteiger partial charge in [-0.15, -0.1) is 0 Å². The molecule has 0 aliphatic heterocycles. The first-order chi connectivity index (χ1) is 7.66. The molecule has 82 valence electrons. The fraction of sp³-hybridized carbons (Fsp3) is 0.0833. The van der Waals surface area contributed by atoms with Crippen molar-refractivity contribution in [2.45, 2.75) is 6.92 Å². The highest BCUT2D eigenvalue weighted by Gasteiger charge is 2.06. The van der Waals surface area contributed by atoms with Gasteiger partial charge in [-0.2, -0.15) is 0 Å². The van der Waals surface area contributed by atoms with Crippen molar-refractivity contribution < 1.29 is 4.79 Å². The van der Waals surface area contributed by atoms with E-state index < -0.39 is 0 Å². The Morgan fingerprint density at radius 2 is 2.19 bits per heavy atom. The van der Waals surface area contributed by atoms with Crippen LogP contribution in [0.15, 0.2) is 36.5 Å². The zero-order chi connectivity index (χ0) is 11.5. The largest absolute Gasteiger partial charge is 0.357 e. The molecular weight excluding hydrogens is 224 g/mol. The van der Waals surface area contributed by atoms with Gasteiger partial charge in [0.2, 0.25) is 0 Å². The SMILES string of the molecule is Cc1cc(NC(=O)c2ccc[nH]2)ccc1Cl. The Morgan fingerprint density at radius 3 is 2.81 bits per heavy atom. The van der Waals surface area contributed by atoms with Gasteiger partial charge in [-0.05, 0) is 42.8 Å². The molecule has 1 heterocycles. The maximum absolute atomic E-state index is 11.7. The summed E-state index contributed by atoms with van der Waals surface area (Å²) in [6, 6.07) is 8.88. The molecule has 0 unspecified atom stereocenters. The van der Waals surface area contributed by atoms with Crippen LogP contribution in [0.3, 0.4) is 0 Å². The Hall–Kier alpha value is -1.74. The topological polar surface area (TPSA) is 44.9 Å². The Balaban J connectivity index is 2.15. The van der Waals surface area contributed by atoms with Gasteiger partial charge in [0.25, 0.3) is 5.91 Å². The standard InChI is InChI=1S/C12H11ClN2O/c1-8-7-9(4-5-10(8)13)15-12(16)11-3-2-6-14-11/h2-7,14H,1H3,(H,15,16). The lowest BCUT2D eigenvalue weighted by Gasteiger charge is -2.05. The van der Waals surface area contributed by atoms with E-state index >= 15 is 0 Å². The minimum absolute atomic E-state index is 0.160. The first kappa shape index (κ1) is 10.8. The smallest absolute Gasteiger partial charge is 0.272 e. The van der Waals surface area contributed by atoms with E-state index in [0.29, 0.717) is 10.7 Å². The van der Waals surface area contributed by atoms with E-state index in [1.165, 1.54) is 0 Å². The summed E-state index contributed by atoms with van der Waals surface area (Å²) in [7, 11) is 0. The van der Waals surface area contributed by atoms with E-state index in [1.807, 2.05) is 13.0 Å². The Labute approximate surface area is 98.4 Å². The monoisotopic (exact) mass is 234 g/mol. The van der Waals surface area contributed by atoms with Crippen LogP contribution in [-0.4, -0.2) is 10.9 Å². The van der Waals surface area contributed by atoms with Crippen molar-refractivity contribution in [1.82, 2.24) is 4.98 Å². The lowest BCUT2D eigenvalue weighted by molar-refractivity contribution is 0.102. The molecule has 1 aromatic heterocycles. The van der Waals surface area contributed by atoms with E-state index in [2.05, 4.69) is 10.3 Å². The van der Waals surface area contributed by atoms with Crippen LogP contribution in [-0.2, 0) is 0 Å². The van der Waals surface area contributed by atoms with Crippen LogP contribution in [0.5, 0.6) is 0 Å². The number of halogens is 1. The zero-order valence-electron chi connectivity index (χ0n) is 8.75. The van der Waals surface area contributed by atoms with E-state index in [9.17, 15) is 4.79 Å². The van der Waals surface area contributed by atoms with Crippen LogP contribution in [0.2, 0.25) is 5.02 Å². The number of rotatable bonds is 2. The summed E-state index contributed by atoms with van der Waals surface area (Å²) in [4.78, 5) is 14.5. The zero-order valence-corrected chi connectivity index (χ0v) is 9.51. The molecule has 0 saturated carbocycles. The number of carbonyl (C=O) groups is 1. The summed E-state index contributed by atoms with van der Waals surface area (Å²) in [5.41, 5.74) is 2.21. The number of carbonyl (C=O) groups excluding carboxylic acids is 1. The Bertz CT molecular complexity index is 506. The molecule has 2 N–H and O–H groups in total. The molecule has 0 saturated heterocycles. The molecule has 4 heteroatoms. The van der Waals surface area contributed by atoms with Gasteiger partial charge in [-0.1, -0.05) is 11.6 Å². The average Bonchev–Trinajstić information content (AvgIpc) is 2.77. The van der Waals surface area contributed by atoms with Crippen molar-refractivity contribution in [3.63, 3.8) is 0 Å². The lowest BCUT2D eigenvalue weighted by atomic mass is 10.2. The van der Waals surface area contributed by atoms with Gasteiger partial charge in [0.1, 0.15) is 5.69 Å². The van der Waals surface area contributed by atoms with E-state index in [-0.39, 0.29) is 5.91 Å². The number of amides is 1. The van der Waals surface area contributed by atoms with Crippen molar-refractivity contribution in [1.29, 1.82) is 0 Å². The van der Waals surface area contributed by atoms with Crippen LogP contribution >= 0.6 is 11.6 Å². The number of hydrogen-bond donors (Lipinski definition) is 2. The molecule has 0 aliphatic rings. The predicted octanol–water partition coefficient (Wildman–Crippen LogP) is 3.23. The molecule has 0 fully saturated rings. The molecule has 1 aromatic carbocycles. The second-order valence-corrected chi connectivity index (χ2v) is 3.91. The molecule has 0 aliphatic carbocycles. The third-order valence-electron chi connectivity index (χ3n) is 2.26. The van der Waals surface area contributed by atoms with Crippen molar-refractivity contribution in [3.8, 4) is 0 Å². The average molecular weight is 235 g/mol. The van der Waals surface area contributed by atoms with Gasteiger partial charge >= 0.3 is 0 Å². The molecule has 0 radical (unpaired) electrons. The van der Waals surface area contributed by atoms with Gasteiger partial charge in [0.05, 0.1) is 0 Å². The second-order valence-electron chi connectivity index (χ2n) is 3.50. The number of hydrogen-bond acceptors (Lipinski definition) is 1. The minimum Gasteiger partial charge on any atom is -0.357 e. The number of nitrogens with one attached hydrogen (secondary N) is 2. The molecule has 0 atom stereocenters. The summed E-state index contributed by atoms with van der Waals surface area (Å²) < 4.78 is 0. The van der Waals surface area contributed by atoms with Crippen molar-refractivity contribution in [2.24, 2.45) is 0 Å². The number of benzene rings is 1. The Morgan fingerprint density at radius 1 is 1.38 bits per heavy atom. The van der Waals surface area contributed by atoms with Crippen LogP contribution in [0.4, 0.5) is 5.69 Å². The summed E-state index contributed by atoms with van der Waals surface area (Å²) >= 11 is 5.90. The highest BCUT2D eigenvalue weighted by Crippen LogP contribution is 2.19. The van der Waals surface area contributed by atoms with Gasteiger partial charge in [0.15, 0.2) is 0 Å². The van der Waals surface area contributed by atoms with E-state index in [4.69, 9.17) is 11.6 Å². The highest BCUT2D eigenvalue weighted by molar-refractivity contribution is 6.31. The first-order valence-corrected chi connectivity index (χ1v) is 5.25. The maximum atomic E-state index is 11.7. The quantitative estimate of drug-likeness (QED) is 0.823. The second kappa shape index (κ2) is 4.41. The highest BCUT2D eigenvalue weighted by atomic mass is 35.5. The summed E-state index contributed by atoms with van der Waals surface area (Å²) in [5, 5.41) is 3.48. The molecule has 2 rings (SSSR count). The number of aromatic amines is 1. The number of anilines is 1. The van der Waals surface area contributed by atoms with Gasteiger partial charge < -0.3 is 10.3 Å². The molecule has 0 bridgehead atoms. The van der Waals surface area contributed by atoms with Gasteiger partial charge in [-0.25, -0.2) is 0 Å². The predicted molar refractivity (Wildman–Crippen MR) is 64.9 cm³/mol. The molecule has 16 heavy (non-hydrogen) atoms. The van der Waals surface area contributed by atoms with E-state index in [0.717, 1.165) is 11.3 Å². The molecule has 2 aromatic rings. The maximum Gasteiger partial charge on any atom is 0.272 e. The molecule has 1 amide bonds. The third kappa shape index (κ3) is 2.25. The number of aryl methyl sites for hydroxylation is 1. The van der Waals surface area contributed by atoms with Gasteiger partial charge in [0, 0.05) is 16.9 Å². The first-order valence-electron chi connectivity index (χ1n) is 4.88. The summed E-state index contributed by atoms with van der Waals surface area (Å²) in [5.74, 6) is -0.160. The lowest BCUT2D eigenvalue weighted by Crippen LogP contribution is -2.12. The molecule has 3 nitrogen and oxygen atoms in total. The normalized spacial score (nSPS) is 10.1. The Kier molecular flexibility index (Phi) is 2.97. The van der Waals surface area contributed by atoms with E-state index in [1.54, 1.807) is 30.5 Å². The third-order valence-corrected chi connectivity index (χ3v) is 2.68. The number of H-pyrrole nitrogens is 1. The minimum atomic E-state index is -0.160. The number of aromatic nitrogens is 1. The van der Waals surface area contributed by atoms with Crippen LogP contribution < -0.4 is 5.32 Å². The molecular formula is C12H11ClN2O. The van der Waals surface area contributed by atoms with Crippen molar-refractivity contribution in [2.75, 3.05) is 5.32 Å². The summed E-state index contributed by atoms with van der Waals surface area (Å²) in [6.45, 7) is 1.90. The van der Waals surface area contributed by atoms with Crippen molar-refractivity contribution >= 4 is 23.2 Å². The van der Waals surface area contributed by atoms with Crippen molar-refractivity contribution in [3.05, 3.63) is 52.8 Å². The fourth-order valence-electron chi connectivity index (χ4n) is 1.39. The van der Waals surface area contributed by atoms with Gasteiger partial charge in [-0.3, -0.25) is 4.79 Å². The molecule has 0 spiro atoms. The summed E-state index contributed by atoms with van der Waals surface area (Å²) in [6.07, 6.45) is 1.71.